The fraction of sp³-hybridized carbons (Fsp3) is 0.333. The smallest absolute Gasteiger partial charge is 0.250 e. The van der Waals surface area contributed by atoms with Gasteiger partial charge in [0.1, 0.15) is 17.0 Å². The lowest BCUT2D eigenvalue weighted by Crippen LogP contribution is -2.19. The van der Waals surface area contributed by atoms with Gasteiger partial charge in [-0.2, -0.15) is 4.98 Å². The molecule has 0 spiro atoms. The van der Waals surface area contributed by atoms with Crippen LogP contribution in [0.2, 0.25) is 0 Å². The quantitative estimate of drug-likeness (QED) is 0.464. The molecule has 0 amide bonds. The second-order valence-corrected chi connectivity index (χ2v) is 7.26. The van der Waals surface area contributed by atoms with Crippen LogP contribution < -0.4 is 4.74 Å². The summed E-state index contributed by atoms with van der Waals surface area (Å²) in [4.78, 5) is 12.1. The highest BCUT2D eigenvalue weighted by atomic mass is 32.1. The highest BCUT2D eigenvalue weighted by molar-refractivity contribution is 7.16. The Morgan fingerprint density at radius 1 is 1.00 bits per heavy atom. The highest BCUT2D eigenvalue weighted by Gasteiger charge is 2.09. The summed E-state index contributed by atoms with van der Waals surface area (Å²) in [5, 5.41) is 1.97. The molecule has 27 heavy (non-hydrogen) atoms. The molecule has 0 saturated heterocycles. The van der Waals surface area contributed by atoms with Crippen molar-refractivity contribution in [2.75, 3.05) is 40.5 Å². The molecule has 0 N–H and O–H groups in total. The van der Waals surface area contributed by atoms with Crippen LogP contribution in [0.15, 0.2) is 35.7 Å². The average molecular weight is 382 g/mol. The van der Waals surface area contributed by atoms with Crippen LogP contribution >= 0.6 is 11.3 Å². The van der Waals surface area contributed by atoms with Gasteiger partial charge >= 0.3 is 0 Å². The number of nitrogens with zero attached hydrogens (tertiary/aromatic N) is 3. The van der Waals surface area contributed by atoms with E-state index in [1.807, 2.05) is 49.8 Å². The lowest BCUT2D eigenvalue weighted by atomic mass is 10.1. The van der Waals surface area contributed by atoms with Gasteiger partial charge < -0.3 is 14.4 Å². The van der Waals surface area contributed by atoms with E-state index in [2.05, 4.69) is 33.6 Å². The number of aryl methyl sites for hydroxylation is 1. The van der Waals surface area contributed by atoms with Crippen LogP contribution in [0.4, 0.5) is 0 Å². The third kappa shape index (κ3) is 5.76. The van der Waals surface area contributed by atoms with E-state index in [1.54, 1.807) is 0 Å². The van der Waals surface area contributed by atoms with Crippen molar-refractivity contribution in [2.24, 2.45) is 0 Å². The van der Waals surface area contributed by atoms with Crippen molar-refractivity contribution in [3.63, 3.8) is 0 Å². The van der Waals surface area contributed by atoms with E-state index in [9.17, 15) is 0 Å². The van der Waals surface area contributed by atoms with Gasteiger partial charge in [0.15, 0.2) is 5.69 Å². The Morgan fingerprint density at radius 3 is 2.59 bits per heavy atom. The molecule has 3 aromatic rings. The predicted molar refractivity (Wildman–Crippen MR) is 109 cm³/mol. The van der Waals surface area contributed by atoms with E-state index < -0.39 is 0 Å². The van der Waals surface area contributed by atoms with Crippen LogP contribution in [-0.4, -0.2) is 55.3 Å². The Labute approximate surface area is 164 Å². The van der Waals surface area contributed by atoms with E-state index >= 15 is 0 Å². The van der Waals surface area contributed by atoms with Gasteiger partial charge in [0.2, 0.25) is 5.88 Å². The number of rotatable bonds is 7. The van der Waals surface area contributed by atoms with Crippen LogP contribution in [0.3, 0.4) is 0 Å². The van der Waals surface area contributed by atoms with Crippen LogP contribution in [0.5, 0.6) is 5.88 Å². The number of hydrogen-bond acceptors (Lipinski definition) is 6. The second-order valence-electron chi connectivity index (χ2n) is 6.37. The first-order valence-corrected chi connectivity index (χ1v) is 9.69. The van der Waals surface area contributed by atoms with Crippen molar-refractivity contribution in [3.05, 3.63) is 52.5 Å². The van der Waals surface area contributed by atoms with Gasteiger partial charge in [-0.3, -0.25) is 0 Å². The first-order valence-electron chi connectivity index (χ1n) is 8.81. The lowest BCUT2D eigenvalue weighted by molar-refractivity contribution is 0.0875. The van der Waals surface area contributed by atoms with Crippen molar-refractivity contribution >= 4 is 21.7 Å². The molecule has 0 radical (unpaired) electrons. The molecule has 0 fully saturated rings. The normalized spacial score (nSPS) is 10.8. The minimum Gasteiger partial charge on any atom is -0.473 e. The molecule has 0 atom stereocenters. The number of fused-ring (bicyclic) bond motifs is 1. The zero-order valence-corrected chi connectivity index (χ0v) is 16.7. The lowest BCUT2D eigenvalue weighted by Gasteiger charge is -2.10. The molecule has 5 nitrogen and oxygen atoms in total. The zero-order chi connectivity index (χ0) is 19.1. The van der Waals surface area contributed by atoms with E-state index in [-0.39, 0.29) is 0 Å². The summed E-state index contributed by atoms with van der Waals surface area (Å²) in [5.41, 5.74) is 3.53. The maximum atomic E-state index is 5.82. The summed E-state index contributed by atoms with van der Waals surface area (Å²) >= 11 is 1.54. The topological polar surface area (TPSA) is 47.5 Å². The summed E-state index contributed by atoms with van der Waals surface area (Å²) in [7, 11) is 4.04. The Hall–Kier alpha value is -2.46. The predicted octanol–water partition coefficient (Wildman–Crippen LogP) is 3.36. The Balaban J connectivity index is 1.71. The fourth-order valence-electron chi connectivity index (χ4n) is 2.27. The zero-order valence-electron chi connectivity index (χ0n) is 15.9. The largest absolute Gasteiger partial charge is 0.473 e. The molecule has 6 heteroatoms. The number of ether oxygens (including phenoxy) is 2. The van der Waals surface area contributed by atoms with Gasteiger partial charge in [-0.15, -0.1) is 11.3 Å². The molecule has 0 saturated carbocycles. The molecule has 1 aromatic carbocycles. The molecular formula is C21H23N3O2S. The minimum atomic E-state index is 0.415. The van der Waals surface area contributed by atoms with E-state index in [4.69, 9.17) is 9.47 Å². The highest BCUT2D eigenvalue weighted by Crippen LogP contribution is 2.22. The monoisotopic (exact) mass is 381 g/mol. The maximum Gasteiger partial charge on any atom is 0.250 e. The Kier molecular flexibility index (Phi) is 6.77. The van der Waals surface area contributed by atoms with Crippen LogP contribution in [0.1, 0.15) is 16.8 Å². The van der Waals surface area contributed by atoms with Crippen molar-refractivity contribution in [1.82, 2.24) is 14.9 Å². The Morgan fingerprint density at radius 2 is 1.81 bits per heavy atom. The van der Waals surface area contributed by atoms with Crippen molar-refractivity contribution in [3.8, 4) is 17.7 Å². The average Bonchev–Trinajstić information content (AvgIpc) is 3.10. The molecule has 0 aliphatic carbocycles. The Bertz CT molecular complexity index is 939. The number of likely N-dealkylation sites (N-methyl/N-ethyl adjacent to an activating group) is 1. The first-order chi connectivity index (χ1) is 13.1. The molecule has 140 valence electrons. The van der Waals surface area contributed by atoms with Gasteiger partial charge in [-0.25, -0.2) is 4.98 Å². The molecule has 0 unspecified atom stereocenters. The van der Waals surface area contributed by atoms with Crippen molar-refractivity contribution in [1.29, 1.82) is 0 Å². The van der Waals surface area contributed by atoms with Crippen LogP contribution in [0.25, 0.3) is 10.3 Å². The van der Waals surface area contributed by atoms with Gasteiger partial charge in [-0.05, 0) is 50.5 Å². The SMILES string of the molecule is Cc1ccc(C#Cc2nc3ccsc3nc2OCCOCCN(C)C)cc1. The molecule has 2 aromatic heterocycles. The molecule has 0 bridgehead atoms. The third-order valence-corrected chi connectivity index (χ3v) is 4.58. The van der Waals surface area contributed by atoms with Crippen LogP contribution in [0, 0.1) is 18.8 Å². The molecular weight excluding hydrogens is 358 g/mol. The minimum absolute atomic E-state index is 0.415. The van der Waals surface area contributed by atoms with E-state index in [0.29, 0.717) is 31.4 Å². The first kappa shape index (κ1) is 19.3. The standard InChI is InChI=1S/C21H23N3O2S/c1-16-4-6-17(7-5-16)8-9-18-20(23-21-19(22-18)10-15-27-21)26-14-13-25-12-11-24(2)3/h4-7,10,15H,11-14H2,1-3H3. The third-order valence-electron chi connectivity index (χ3n) is 3.79. The van der Waals surface area contributed by atoms with Gasteiger partial charge in [0, 0.05) is 12.1 Å². The fourth-order valence-corrected chi connectivity index (χ4v) is 2.97. The molecule has 0 aliphatic heterocycles. The molecule has 3 rings (SSSR count). The molecule has 2 heterocycles. The number of hydrogen-bond donors (Lipinski definition) is 0. The summed E-state index contributed by atoms with van der Waals surface area (Å²) in [6, 6.07) is 10.0. The van der Waals surface area contributed by atoms with Gasteiger partial charge in [-0.1, -0.05) is 23.6 Å². The summed E-state index contributed by atoms with van der Waals surface area (Å²) in [5.74, 6) is 6.71. The van der Waals surface area contributed by atoms with Crippen LogP contribution in [-0.2, 0) is 4.74 Å². The van der Waals surface area contributed by atoms with Crippen molar-refractivity contribution in [2.45, 2.75) is 6.92 Å². The number of thiophene rings is 1. The van der Waals surface area contributed by atoms with Gasteiger partial charge in [0.05, 0.1) is 13.2 Å². The maximum absolute atomic E-state index is 5.82. The second kappa shape index (κ2) is 9.47. The number of aromatic nitrogens is 2. The number of benzene rings is 1. The van der Waals surface area contributed by atoms with Crippen molar-refractivity contribution < 1.29 is 9.47 Å². The van der Waals surface area contributed by atoms with E-state index in [1.165, 1.54) is 16.9 Å². The van der Waals surface area contributed by atoms with E-state index in [0.717, 1.165) is 22.5 Å². The summed E-state index contributed by atoms with van der Waals surface area (Å²) in [6.07, 6.45) is 0. The summed E-state index contributed by atoms with van der Waals surface area (Å²) < 4.78 is 11.4. The summed E-state index contributed by atoms with van der Waals surface area (Å²) in [6.45, 7) is 4.53. The van der Waals surface area contributed by atoms with Gasteiger partial charge in [0.25, 0.3) is 0 Å². The molecule has 0 aliphatic rings.